The number of carbonyl (C=O) groups is 1. The second kappa shape index (κ2) is 8.67. The smallest absolute Gasteiger partial charge is 0.322 e. The van der Waals surface area contributed by atoms with Gasteiger partial charge in [-0.05, 0) is 45.3 Å². The van der Waals surface area contributed by atoms with E-state index in [9.17, 15) is 13.2 Å². The number of nitrogens with one attached hydrogen (secondary N) is 1. The highest BCUT2D eigenvalue weighted by atomic mass is 32.2. The third-order valence-electron chi connectivity index (χ3n) is 3.88. The van der Waals surface area contributed by atoms with E-state index >= 15 is 0 Å². The van der Waals surface area contributed by atoms with E-state index in [1.807, 2.05) is 0 Å². The third-order valence-corrected chi connectivity index (χ3v) is 5.50. The lowest BCUT2D eigenvalue weighted by atomic mass is 10.1. The fourth-order valence-electron chi connectivity index (χ4n) is 2.57. The second-order valence-corrected chi connectivity index (χ2v) is 6.95. The van der Waals surface area contributed by atoms with E-state index in [1.165, 1.54) is 0 Å². The van der Waals surface area contributed by atoms with Gasteiger partial charge in [0.2, 0.25) is 0 Å². The largest absolute Gasteiger partial charge is 0.480 e. The Balaban J connectivity index is 2.50. The van der Waals surface area contributed by atoms with Gasteiger partial charge in [0.05, 0.1) is 0 Å². The van der Waals surface area contributed by atoms with Gasteiger partial charge in [0.15, 0.2) is 0 Å². The van der Waals surface area contributed by atoms with E-state index in [-0.39, 0.29) is 6.54 Å². The van der Waals surface area contributed by atoms with Gasteiger partial charge in [0.25, 0.3) is 10.2 Å². The predicted molar refractivity (Wildman–Crippen MR) is 81.3 cm³/mol. The highest BCUT2D eigenvalue weighted by Crippen LogP contribution is 2.19. The van der Waals surface area contributed by atoms with E-state index in [0.29, 0.717) is 25.8 Å². The minimum atomic E-state index is -3.70. The molecule has 7 nitrogen and oxygen atoms in total. The average Bonchev–Trinajstić information content (AvgIpc) is 2.47. The molecular weight excluding hydrogens is 294 g/mol. The van der Waals surface area contributed by atoms with Gasteiger partial charge >= 0.3 is 5.97 Å². The molecule has 8 heteroatoms. The Morgan fingerprint density at radius 2 is 2.00 bits per heavy atom. The number of carboxylic acid groups (broad SMARTS) is 1. The summed E-state index contributed by atoms with van der Waals surface area (Å²) in [7, 11) is -3.70. The molecule has 1 aliphatic heterocycles. The summed E-state index contributed by atoms with van der Waals surface area (Å²) in [6, 6.07) is -0.931. The summed E-state index contributed by atoms with van der Waals surface area (Å²) in [5.41, 5.74) is 0. The van der Waals surface area contributed by atoms with Gasteiger partial charge in [0.1, 0.15) is 6.04 Å². The number of rotatable bonds is 9. The molecule has 0 aliphatic carbocycles. The summed E-state index contributed by atoms with van der Waals surface area (Å²) in [6.45, 7) is 7.46. The van der Waals surface area contributed by atoms with Crippen LogP contribution in [0.3, 0.4) is 0 Å². The molecule has 0 aromatic rings. The molecule has 1 atom stereocenters. The Hall–Kier alpha value is -0.700. The van der Waals surface area contributed by atoms with Crippen molar-refractivity contribution < 1.29 is 18.3 Å². The van der Waals surface area contributed by atoms with Crippen molar-refractivity contribution in [1.29, 1.82) is 0 Å². The first-order valence-electron chi connectivity index (χ1n) is 7.64. The normalized spacial score (nSPS) is 20.8. The SMILES string of the molecule is CCN(CC)CCCNS(=O)(=O)N1CCCCC1C(=O)O. The maximum absolute atomic E-state index is 12.2. The lowest BCUT2D eigenvalue weighted by molar-refractivity contribution is -0.142. The second-order valence-electron chi connectivity index (χ2n) is 5.24. The van der Waals surface area contributed by atoms with Crippen molar-refractivity contribution in [1.82, 2.24) is 13.9 Å². The van der Waals surface area contributed by atoms with Crippen LogP contribution in [0.5, 0.6) is 0 Å². The molecule has 0 amide bonds. The molecular formula is C13H27N3O4S. The van der Waals surface area contributed by atoms with Gasteiger partial charge < -0.3 is 10.0 Å². The molecule has 1 unspecified atom stereocenters. The van der Waals surface area contributed by atoms with Crippen LogP contribution < -0.4 is 4.72 Å². The monoisotopic (exact) mass is 321 g/mol. The van der Waals surface area contributed by atoms with Gasteiger partial charge in [-0.25, -0.2) is 4.72 Å². The molecule has 1 rings (SSSR count). The molecule has 1 heterocycles. The van der Waals surface area contributed by atoms with Crippen molar-refractivity contribution in [3.05, 3.63) is 0 Å². The first-order valence-corrected chi connectivity index (χ1v) is 9.08. The Bertz CT molecular complexity index is 423. The van der Waals surface area contributed by atoms with Crippen molar-refractivity contribution in [2.75, 3.05) is 32.7 Å². The summed E-state index contributed by atoms with van der Waals surface area (Å²) >= 11 is 0. The zero-order valence-corrected chi connectivity index (χ0v) is 13.7. The van der Waals surface area contributed by atoms with Crippen molar-refractivity contribution in [2.24, 2.45) is 0 Å². The lowest BCUT2D eigenvalue weighted by Gasteiger charge is -2.31. The van der Waals surface area contributed by atoms with Gasteiger partial charge in [-0.1, -0.05) is 13.8 Å². The van der Waals surface area contributed by atoms with Crippen LogP contribution in [0.25, 0.3) is 0 Å². The molecule has 0 saturated carbocycles. The maximum Gasteiger partial charge on any atom is 0.322 e. The predicted octanol–water partition coefficient (Wildman–Crippen LogP) is 0.492. The van der Waals surface area contributed by atoms with Crippen molar-refractivity contribution in [3.8, 4) is 0 Å². The minimum Gasteiger partial charge on any atom is -0.480 e. The van der Waals surface area contributed by atoms with Crippen LogP contribution in [0.4, 0.5) is 0 Å². The Kier molecular flexibility index (Phi) is 7.58. The summed E-state index contributed by atoms with van der Waals surface area (Å²) in [5.74, 6) is -1.07. The Labute approximate surface area is 127 Å². The maximum atomic E-state index is 12.2. The zero-order valence-electron chi connectivity index (χ0n) is 12.9. The van der Waals surface area contributed by atoms with Gasteiger partial charge in [-0.3, -0.25) is 4.79 Å². The topological polar surface area (TPSA) is 90.0 Å². The van der Waals surface area contributed by atoms with Gasteiger partial charge in [0, 0.05) is 13.1 Å². The fourth-order valence-corrected chi connectivity index (χ4v) is 4.03. The highest BCUT2D eigenvalue weighted by Gasteiger charge is 2.36. The van der Waals surface area contributed by atoms with Crippen LogP contribution in [0.1, 0.15) is 39.5 Å². The van der Waals surface area contributed by atoms with Crippen molar-refractivity contribution in [2.45, 2.75) is 45.6 Å². The van der Waals surface area contributed by atoms with E-state index in [1.54, 1.807) is 0 Å². The van der Waals surface area contributed by atoms with Crippen LogP contribution in [-0.2, 0) is 15.0 Å². The molecule has 0 aromatic heterocycles. The van der Waals surface area contributed by atoms with E-state index in [4.69, 9.17) is 5.11 Å². The number of carboxylic acids is 1. The standard InChI is InChI=1S/C13H27N3O4S/c1-3-15(4-2)10-7-9-14-21(19,20)16-11-6-5-8-12(16)13(17)18/h12,14H,3-11H2,1-2H3,(H,17,18). The summed E-state index contributed by atoms with van der Waals surface area (Å²) < 4.78 is 28.1. The molecule has 21 heavy (non-hydrogen) atoms. The zero-order chi connectivity index (χ0) is 15.9. The molecule has 1 fully saturated rings. The number of hydrogen-bond donors (Lipinski definition) is 2. The lowest BCUT2D eigenvalue weighted by Crippen LogP contribution is -2.52. The Morgan fingerprint density at radius 1 is 1.33 bits per heavy atom. The molecule has 1 aliphatic rings. The highest BCUT2D eigenvalue weighted by molar-refractivity contribution is 7.87. The molecule has 0 bridgehead atoms. The number of aliphatic carboxylic acids is 1. The van der Waals surface area contributed by atoms with Gasteiger partial charge in [-0.15, -0.1) is 0 Å². The third kappa shape index (κ3) is 5.54. The molecule has 124 valence electrons. The van der Waals surface area contributed by atoms with Crippen LogP contribution in [0.2, 0.25) is 0 Å². The van der Waals surface area contributed by atoms with Crippen LogP contribution >= 0.6 is 0 Å². The number of piperidine rings is 1. The molecule has 0 spiro atoms. The summed E-state index contributed by atoms with van der Waals surface area (Å²) in [6.07, 6.45) is 2.57. The minimum absolute atomic E-state index is 0.280. The van der Waals surface area contributed by atoms with Crippen molar-refractivity contribution >= 4 is 16.2 Å². The quantitative estimate of drug-likeness (QED) is 0.603. The first kappa shape index (κ1) is 18.3. The van der Waals surface area contributed by atoms with Crippen LogP contribution in [0, 0.1) is 0 Å². The Morgan fingerprint density at radius 3 is 2.57 bits per heavy atom. The molecule has 0 aromatic carbocycles. The molecule has 1 saturated heterocycles. The molecule has 0 radical (unpaired) electrons. The summed E-state index contributed by atoms with van der Waals surface area (Å²) in [5, 5.41) is 9.14. The van der Waals surface area contributed by atoms with E-state index < -0.39 is 22.2 Å². The molecule has 2 N–H and O–H groups in total. The van der Waals surface area contributed by atoms with Crippen LogP contribution in [-0.4, -0.2) is 67.5 Å². The fraction of sp³-hybridized carbons (Fsp3) is 0.923. The summed E-state index contributed by atoms with van der Waals surface area (Å²) in [4.78, 5) is 13.4. The van der Waals surface area contributed by atoms with E-state index in [0.717, 1.165) is 30.4 Å². The number of hydrogen-bond acceptors (Lipinski definition) is 4. The number of nitrogens with zero attached hydrogens (tertiary/aromatic N) is 2. The van der Waals surface area contributed by atoms with E-state index in [2.05, 4.69) is 23.5 Å². The van der Waals surface area contributed by atoms with Crippen molar-refractivity contribution in [3.63, 3.8) is 0 Å². The first-order chi connectivity index (χ1) is 9.92. The van der Waals surface area contributed by atoms with Crippen LogP contribution in [0.15, 0.2) is 0 Å². The average molecular weight is 321 g/mol. The van der Waals surface area contributed by atoms with Gasteiger partial charge in [-0.2, -0.15) is 12.7 Å².